The minimum Gasteiger partial charge on any atom is -0.454 e. The Labute approximate surface area is 153 Å². The molecule has 0 aromatic carbocycles. The first-order valence-corrected chi connectivity index (χ1v) is 10.5. The van der Waals surface area contributed by atoms with Crippen LogP contribution in [0.4, 0.5) is 0 Å². The van der Waals surface area contributed by atoms with E-state index in [-0.39, 0.29) is 11.4 Å². The number of carbonyl (C=O) groups is 1. The highest BCUT2D eigenvalue weighted by molar-refractivity contribution is 5.67. The fraction of sp³-hybridized carbons (Fsp3) is 0.783. The second kappa shape index (κ2) is 5.99. The summed E-state index contributed by atoms with van der Waals surface area (Å²) in [6.45, 7) is 10.6. The lowest BCUT2D eigenvalue weighted by atomic mass is 9.49. The molecule has 4 aliphatic rings. The topological polar surface area (TPSA) is 26.3 Å². The van der Waals surface area contributed by atoms with Gasteiger partial charge in [-0.2, -0.15) is 0 Å². The first-order valence-electron chi connectivity index (χ1n) is 10.5. The molecular formula is C23H34O2. The van der Waals surface area contributed by atoms with Gasteiger partial charge in [-0.15, -0.1) is 0 Å². The summed E-state index contributed by atoms with van der Waals surface area (Å²) in [6.07, 6.45) is 14.7. The molecule has 4 aliphatic carbocycles. The number of allylic oxidation sites excluding steroid dienone is 2. The van der Waals surface area contributed by atoms with Gasteiger partial charge in [-0.05, 0) is 86.5 Å². The van der Waals surface area contributed by atoms with Gasteiger partial charge in [-0.1, -0.05) is 32.6 Å². The van der Waals surface area contributed by atoms with Crippen LogP contribution in [0.25, 0.3) is 0 Å². The molecule has 0 N–H and O–H groups in total. The van der Waals surface area contributed by atoms with E-state index < -0.39 is 5.60 Å². The van der Waals surface area contributed by atoms with E-state index in [1.807, 2.05) is 0 Å². The van der Waals surface area contributed by atoms with Crippen molar-refractivity contribution in [1.82, 2.24) is 0 Å². The van der Waals surface area contributed by atoms with Crippen LogP contribution in [0.2, 0.25) is 0 Å². The fourth-order valence-electron chi connectivity index (χ4n) is 7.60. The van der Waals surface area contributed by atoms with E-state index in [1.165, 1.54) is 44.1 Å². The molecule has 4 rings (SSSR count). The molecule has 0 aromatic heterocycles. The average Bonchev–Trinajstić information content (AvgIpc) is 2.82. The van der Waals surface area contributed by atoms with Crippen LogP contribution in [-0.4, -0.2) is 11.6 Å². The number of hydrogen-bond acceptors (Lipinski definition) is 2. The van der Waals surface area contributed by atoms with Crippen molar-refractivity contribution in [2.75, 3.05) is 0 Å². The smallest absolute Gasteiger partial charge is 0.303 e. The summed E-state index contributed by atoms with van der Waals surface area (Å²) in [5.41, 5.74) is 0.824. The van der Waals surface area contributed by atoms with E-state index >= 15 is 0 Å². The summed E-state index contributed by atoms with van der Waals surface area (Å²) in [5.74, 6) is 3.89. The van der Waals surface area contributed by atoms with Gasteiger partial charge < -0.3 is 4.74 Å². The maximum Gasteiger partial charge on any atom is 0.303 e. The van der Waals surface area contributed by atoms with E-state index in [0.717, 1.165) is 36.5 Å². The third-order valence-electron chi connectivity index (χ3n) is 8.64. The van der Waals surface area contributed by atoms with Gasteiger partial charge in [0.25, 0.3) is 0 Å². The summed E-state index contributed by atoms with van der Waals surface area (Å²) in [6, 6.07) is 0. The van der Waals surface area contributed by atoms with Crippen LogP contribution in [0.5, 0.6) is 0 Å². The van der Waals surface area contributed by atoms with E-state index in [0.29, 0.717) is 5.92 Å². The molecule has 2 heteroatoms. The van der Waals surface area contributed by atoms with Crippen LogP contribution >= 0.6 is 0 Å². The molecule has 2 nitrogen and oxygen atoms in total. The summed E-state index contributed by atoms with van der Waals surface area (Å²) in [4.78, 5) is 11.9. The average molecular weight is 343 g/mol. The van der Waals surface area contributed by atoms with Crippen LogP contribution in [0, 0.1) is 35.0 Å². The summed E-state index contributed by atoms with van der Waals surface area (Å²) in [7, 11) is 0. The van der Waals surface area contributed by atoms with E-state index in [4.69, 9.17) is 4.74 Å². The molecule has 0 amide bonds. The highest BCUT2D eigenvalue weighted by Crippen LogP contribution is 2.67. The van der Waals surface area contributed by atoms with Crippen molar-refractivity contribution < 1.29 is 9.53 Å². The normalized spacial score (nSPS) is 48.4. The second-order valence-corrected chi connectivity index (χ2v) is 9.38. The van der Waals surface area contributed by atoms with Crippen LogP contribution in [0.1, 0.15) is 72.1 Å². The number of esters is 1. The number of fused-ring (bicyclic) bond motifs is 5. The summed E-state index contributed by atoms with van der Waals surface area (Å²) < 4.78 is 6.07. The summed E-state index contributed by atoms with van der Waals surface area (Å²) in [5, 5.41) is 0. The Morgan fingerprint density at radius 2 is 2.04 bits per heavy atom. The molecule has 25 heavy (non-hydrogen) atoms. The monoisotopic (exact) mass is 342 g/mol. The Hall–Kier alpha value is -1.05. The van der Waals surface area contributed by atoms with E-state index in [2.05, 4.69) is 32.6 Å². The van der Waals surface area contributed by atoms with Crippen molar-refractivity contribution in [2.24, 2.45) is 35.0 Å². The molecule has 0 aromatic rings. The van der Waals surface area contributed by atoms with Gasteiger partial charge in [0.1, 0.15) is 5.60 Å². The quantitative estimate of drug-likeness (QED) is 0.476. The van der Waals surface area contributed by atoms with E-state index in [1.54, 1.807) is 6.92 Å². The lowest BCUT2D eigenvalue weighted by Crippen LogP contribution is -2.54. The molecular weight excluding hydrogens is 308 g/mol. The molecule has 0 aliphatic heterocycles. The Balaban J connectivity index is 1.67. The number of hydrogen-bond donors (Lipinski definition) is 0. The lowest BCUT2D eigenvalue weighted by molar-refractivity contribution is -0.176. The maximum absolute atomic E-state index is 11.9. The molecule has 138 valence electrons. The van der Waals surface area contributed by atoms with Crippen molar-refractivity contribution in [3.8, 4) is 0 Å². The molecule has 0 bridgehead atoms. The van der Waals surface area contributed by atoms with Gasteiger partial charge in [0.2, 0.25) is 0 Å². The van der Waals surface area contributed by atoms with Crippen LogP contribution < -0.4 is 0 Å². The Morgan fingerprint density at radius 1 is 1.24 bits per heavy atom. The second-order valence-electron chi connectivity index (χ2n) is 9.38. The highest BCUT2D eigenvalue weighted by Gasteiger charge is 2.65. The lowest BCUT2D eigenvalue weighted by Gasteiger charge is -2.56. The fourth-order valence-corrected chi connectivity index (χ4v) is 7.60. The highest BCUT2D eigenvalue weighted by atomic mass is 16.6. The van der Waals surface area contributed by atoms with Gasteiger partial charge in [-0.25, -0.2) is 0 Å². The van der Waals surface area contributed by atoms with E-state index in [9.17, 15) is 4.79 Å². The van der Waals surface area contributed by atoms with Gasteiger partial charge in [0.05, 0.1) is 0 Å². The SMILES string of the molecule is C=C1C[C@H]2[C@@H]3CCC4C=CCC[C@@H]4[C@H]3CC[C@]2(C)[C@]1(CC)OC(C)=O. The largest absolute Gasteiger partial charge is 0.454 e. The predicted octanol–water partition coefficient (Wildman–Crippen LogP) is 5.68. The third-order valence-corrected chi connectivity index (χ3v) is 8.64. The van der Waals surface area contributed by atoms with Crippen molar-refractivity contribution in [3.63, 3.8) is 0 Å². The molecule has 7 atom stereocenters. The molecule has 0 spiro atoms. The molecule has 0 radical (unpaired) electrons. The molecule has 3 saturated carbocycles. The van der Waals surface area contributed by atoms with Gasteiger partial charge >= 0.3 is 5.97 Å². The zero-order chi connectivity index (χ0) is 17.8. The van der Waals surface area contributed by atoms with Crippen LogP contribution in [-0.2, 0) is 9.53 Å². The molecule has 0 saturated heterocycles. The molecule has 0 heterocycles. The molecule has 3 fully saturated rings. The zero-order valence-corrected chi connectivity index (χ0v) is 16.2. The Kier molecular flexibility index (Phi) is 4.16. The maximum atomic E-state index is 11.9. The zero-order valence-electron chi connectivity index (χ0n) is 16.2. The first-order chi connectivity index (χ1) is 11.9. The first kappa shape index (κ1) is 17.4. The Morgan fingerprint density at radius 3 is 2.76 bits per heavy atom. The summed E-state index contributed by atoms with van der Waals surface area (Å²) >= 11 is 0. The third kappa shape index (κ3) is 2.32. The van der Waals surface area contributed by atoms with Gasteiger partial charge in [0.15, 0.2) is 0 Å². The Bertz CT molecular complexity index is 605. The van der Waals surface area contributed by atoms with Crippen LogP contribution in [0.15, 0.2) is 24.3 Å². The van der Waals surface area contributed by atoms with Crippen molar-refractivity contribution in [2.45, 2.75) is 77.7 Å². The number of rotatable bonds is 2. The standard InChI is InChI=1S/C23H34O2/c1-5-23(25-16(3)24)15(2)14-21-20-11-10-17-8-6-7-9-18(17)19(20)12-13-22(21,23)4/h6,8,17-21H,2,5,7,9-14H2,1,3-4H3/t17?,18-,19+,20+,21-,22-,23+/m0/s1. The van der Waals surface area contributed by atoms with Crippen molar-refractivity contribution >= 4 is 5.97 Å². The minimum absolute atomic E-state index is 0.0724. The number of ether oxygens (including phenoxy) is 1. The van der Waals surface area contributed by atoms with Gasteiger partial charge in [0, 0.05) is 12.3 Å². The van der Waals surface area contributed by atoms with Crippen molar-refractivity contribution in [3.05, 3.63) is 24.3 Å². The predicted molar refractivity (Wildman–Crippen MR) is 101 cm³/mol. The number of carbonyl (C=O) groups excluding carboxylic acids is 1. The molecule has 1 unspecified atom stereocenters. The minimum atomic E-state index is -0.433. The van der Waals surface area contributed by atoms with Crippen molar-refractivity contribution in [1.29, 1.82) is 0 Å². The van der Waals surface area contributed by atoms with Gasteiger partial charge in [-0.3, -0.25) is 4.79 Å². The van der Waals surface area contributed by atoms with Crippen LogP contribution in [0.3, 0.4) is 0 Å².